The third kappa shape index (κ3) is 5.56. The fourth-order valence-electron chi connectivity index (χ4n) is 2.99. The van der Waals surface area contributed by atoms with Gasteiger partial charge in [-0.1, -0.05) is 60.1 Å². The molecule has 0 saturated heterocycles. The number of rotatable bonds is 8. The molecule has 1 N–H and O–H groups in total. The van der Waals surface area contributed by atoms with Crippen LogP contribution >= 0.6 is 11.6 Å². The zero-order valence-electron chi connectivity index (χ0n) is 16.4. The molecular formula is C26H22ClNO2. The molecule has 0 aliphatic carbocycles. The van der Waals surface area contributed by atoms with Gasteiger partial charge in [-0.05, 0) is 60.2 Å². The van der Waals surface area contributed by atoms with Gasteiger partial charge in [-0.15, -0.1) is 0 Å². The topological polar surface area (TPSA) is 30.5 Å². The van der Waals surface area contributed by atoms with Crippen LogP contribution < -0.4 is 14.8 Å². The molecule has 4 aromatic carbocycles. The summed E-state index contributed by atoms with van der Waals surface area (Å²) in [6.45, 7) is 1.14. The SMILES string of the molecule is Clc1ccccc1COc1cccc(CNc2ccc(Oc3ccccc3)cc2)c1. The van der Waals surface area contributed by atoms with Crippen molar-refractivity contribution in [3.8, 4) is 17.2 Å². The van der Waals surface area contributed by atoms with Crippen molar-refractivity contribution in [3.05, 3.63) is 119 Å². The zero-order chi connectivity index (χ0) is 20.6. The molecule has 0 unspecified atom stereocenters. The van der Waals surface area contributed by atoms with Crippen molar-refractivity contribution >= 4 is 17.3 Å². The van der Waals surface area contributed by atoms with Crippen LogP contribution in [0.1, 0.15) is 11.1 Å². The number of ether oxygens (including phenoxy) is 2. The molecule has 150 valence electrons. The summed E-state index contributed by atoms with van der Waals surface area (Å²) in [5, 5.41) is 4.15. The molecule has 30 heavy (non-hydrogen) atoms. The molecule has 0 saturated carbocycles. The van der Waals surface area contributed by atoms with Crippen LogP contribution in [0.5, 0.6) is 17.2 Å². The van der Waals surface area contributed by atoms with Gasteiger partial charge in [0.2, 0.25) is 0 Å². The summed E-state index contributed by atoms with van der Waals surface area (Å²) in [5.74, 6) is 2.45. The van der Waals surface area contributed by atoms with Crippen LogP contribution in [0.3, 0.4) is 0 Å². The van der Waals surface area contributed by atoms with Crippen molar-refractivity contribution in [2.24, 2.45) is 0 Å². The second kappa shape index (κ2) is 9.86. The van der Waals surface area contributed by atoms with Crippen LogP contribution in [-0.2, 0) is 13.2 Å². The molecule has 4 aromatic rings. The fourth-order valence-corrected chi connectivity index (χ4v) is 3.18. The van der Waals surface area contributed by atoms with E-state index < -0.39 is 0 Å². The molecule has 0 fully saturated rings. The molecule has 3 nitrogen and oxygen atoms in total. The highest BCUT2D eigenvalue weighted by atomic mass is 35.5. The third-order valence-corrected chi connectivity index (χ3v) is 4.95. The summed E-state index contributed by atoms with van der Waals surface area (Å²) in [4.78, 5) is 0. The van der Waals surface area contributed by atoms with Gasteiger partial charge in [0.1, 0.15) is 23.9 Å². The van der Waals surface area contributed by atoms with E-state index >= 15 is 0 Å². The molecular weight excluding hydrogens is 394 g/mol. The number of hydrogen-bond acceptors (Lipinski definition) is 3. The van der Waals surface area contributed by atoms with Crippen LogP contribution in [0.25, 0.3) is 0 Å². The molecule has 4 rings (SSSR count). The predicted molar refractivity (Wildman–Crippen MR) is 123 cm³/mol. The fraction of sp³-hybridized carbons (Fsp3) is 0.0769. The first-order chi connectivity index (χ1) is 14.8. The summed E-state index contributed by atoms with van der Waals surface area (Å²) in [6.07, 6.45) is 0. The molecule has 0 amide bonds. The molecule has 0 aromatic heterocycles. The Morgan fingerprint density at radius 1 is 0.667 bits per heavy atom. The summed E-state index contributed by atoms with van der Waals surface area (Å²) < 4.78 is 11.7. The second-order valence-corrected chi connectivity index (χ2v) is 7.23. The van der Waals surface area contributed by atoms with E-state index in [9.17, 15) is 0 Å². The summed E-state index contributed by atoms with van der Waals surface area (Å²) >= 11 is 6.20. The van der Waals surface area contributed by atoms with E-state index in [2.05, 4.69) is 11.4 Å². The Bertz CT molecular complexity index is 1080. The van der Waals surface area contributed by atoms with Crippen molar-refractivity contribution in [3.63, 3.8) is 0 Å². The van der Waals surface area contributed by atoms with Gasteiger partial charge < -0.3 is 14.8 Å². The number of hydrogen-bond donors (Lipinski definition) is 1. The quantitative estimate of drug-likeness (QED) is 0.327. The van der Waals surface area contributed by atoms with Crippen molar-refractivity contribution in [2.75, 3.05) is 5.32 Å². The maximum atomic E-state index is 6.20. The minimum atomic E-state index is 0.444. The van der Waals surface area contributed by atoms with Gasteiger partial charge in [-0.2, -0.15) is 0 Å². The largest absolute Gasteiger partial charge is 0.489 e. The number of halogens is 1. The highest BCUT2D eigenvalue weighted by molar-refractivity contribution is 6.31. The lowest BCUT2D eigenvalue weighted by Crippen LogP contribution is -2.01. The average Bonchev–Trinajstić information content (AvgIpc) is 2.79. The Balaban J connectivity index is 1.31. The lowest BCUT2D eigenvalue weighted by molar-refractivity contribution is 0.306. The monoisotopic (exact) mass is 415 g/mol. The Morgan fingerprint density at radius 3 is 2.17 bits per heavy atom. The lowest BCUT2D eigenvalue weighted by Gasteiger charge is -2.11. The van der Waals surface area contributed by atoms with E-state index in [1.165, 1.54) is 0 Å². The van der Waals surface area contributed by atoms with Gasteiger partial charge in [-0.25, -0.2) is 0 Å². The van der Waals surface area contributed by atoms with Crippen LogP contribution in [0.2, 0.25) is 5.02 Å². The van der Waals surface area contributed by atoms with Gasteiger partial charge in [0.15, 0.2) is 0 Å². The highest BCUT2D eigenvalue weighted by Gasteiger charge is 2.02. The molecule has 0 bridgehead atoms. The van der Waals surface area contributed by atoms with Crippen molar-refractivity contribution in [2.45, 2.75) is 13.2 Å². The zero-order valence-corrected chi connectivity index (χ0v) is 17.2. The maximum absolute atomic E-state index is 6.20. The highest BCUT2D eigenvalue weighted by Crippen LogP contribution is 2.23. The van der Waals surface area contributed by atoms with Crippen LogP contribution in [0.15, 0.2) is 103 Å². The first kappa shape index (κ1) is 19.9. The van der Waals surface area contributed by atoms with Crippen molar-refractivity contribution in [1.29, 1.82) is 0 Å². The molecule has 0 radical (unpaired) electrons. The van der Waals surface area contributed by atoms with Crippen molar-refractivity contribution in [1.82, 2.24) is 0 Å². The van der Waals surface area contributed by atoms with Crippen LogP contribution in [0, 0.1) is 0 Å². The normalized spacial score (nSPS) is 10.4. The number of benzene rings is 4. The molecule has 0 aliphatic rings. The third-order valence-electron chi connectivity index (χ3n) is 4.58. The number of nitrogens with one attached hydrogen (secondary N) is 1. The lowest BCUT2D eigenvalue weighted by atomic mass is 10.2. The Labute approximate surface area is 181 Å². The van der Waals surface area contributed by atoms with Gasteiger partial charge in [0.05, 0.1) is 0 Å². The van der Waals surface area contributed by atoms with Gasteiger partial charge >= 0.3 is 0 Å². The smallest absolute Gasteiger partial charge is 0.127 e. The minimum absolute atomic E-state index is 0.444. The molecule has 0 heterocycles. The minimum Gasteiger partial charge on any atom is -0.489 e. The van der Waals surface area contributed by atoms with Gasteiger partial charge in [0.25, 0.3) is 0 Å². The van der Waals surface area contributed by atoms with Crippen LogP contribution in [-0.4, -0.2) is 0 Å². The second-order valence-electron chi connectivity index (χ2n) is 6.82. The summed E-state index contributed by atoms with van der Waals surface area (Å²) in [7, 11) is 0. The molecule has 0 aliphatic heterocycles. The standard InChI is InChI=1S/C26H22ClNO2/c27-26-12-5-4-8-21(26)19-29-25-11-6-7-20(17-25)18-28-22-13-15-24(16-14-22)30-23-9-2-1-3-10-23/h1-17,28H,18-19H2. The maximum Gasteiger partial charge on any atom is 0.127 e. The van der Waals surface area contributed by atoms with E-state index in [0.29, 0.717) is 13.2 Å². The number of anilines is 1. The predicted octanol–water partition coefficient (Wildman–Crippen LogP) is 7.32. The summed E-state index contributed by atoms with van der Waals surface area (Å²) in [6, 6.07) is 33.5. The Morgan fingerprint density at radius 2 is 1.37 bits per heavy atom. The molecule has 0 spiro atoms. The number of para-hydroxylation sites is 1. The molecule has 4 heteroatoms. The van der Waals surface area contributed by atoms with E-state index in [1.807, 2.05) is 97.1 Å². The average molecular weight is 416 g/mol. The van der Waals surface area contributed by atoms with Crippen LogP contribution in [0.4, 0.5) is 5.69 Å². The van der Waals surface area contributed by atoms with E-state index in [1.54, 1.807) is 0 Å². The summed E-state index contributed by atoms with van der Waals surface area (Å²) in [5.41, 5.74) is 3.13. The first-order valence-corrected chi connectivity index (χ1v) is 10.2. The van der Waals surface area contributed by atoms with E-state index in [4.69, 9.17) is 21.1 Å². The van der Waals surface area contributed by atoms with Crippen molar-refractivity contribution < 1.29 is 9.47 Å². The van der Waals surface area contributed by atoms with Gasteiger partial charge in [-0.3, -0.25) is 0 Å². The Hall–Kier alpha value is -3.43. The first-order valence-electron chi connectivity index (χ1n) is 9.78. The Kier molecular flexibility index (Phi) is 6.53. The molecule has 0 atom stereocenters. The van der Waals surface area contributed by atoms with Gasteiger partial charge in [0, 0.05) is 22.8 Å². The van der Waals surface area contributed by atoms with E-state index in [0.717, 1.165) is 39.1 Å². The van der Waals surface area contributed by atoms with E-state index in [-0.39, 0.29) is 0 Å².